The molecule has 0 aromatic carbocycles. The van der Waals surface area contributed by atoms with Crippen LogP contribution in [0.4, 0.5) is 0 Å². The Morgan fingerprint density at radius 1 is 1.35 bits per heavy atom. The van der Waals surface area contributed by atoms with Gasteiger partial charge < -0.3 is 10.1 Å². The van der Waals surface area contributed by atoms with Crippen molar-refractivity contribution >= 4 is 0 Å². The molecule has 1 N–H and O–H groups in total. The largest absolute Gasteiger partial charge is 0.493 e. The number of aromatic nitrogens is 3. The number of ether oxygens (including phenoxy) is 1. The summed E-state index contributed by atoms with van der Waals surface area (Å²) < 4.78 is 7.31. The summed E-state index contributed by atoms with van der Waals surface area (Å²) in [6.45, 7) is 3.13. The van der Waals surface area contributed by atoms with Crippen LogP contribution in [0.1, 0.15) is 30.6 Å². The summed E-state index contributed by atoms with van der Waals surface area (Å²) in [5, 5.41) is 7.87. The van der Waals surface area contributed by atoms with E-state index in [4.69, 9.17) is 4.74 Å². The molecule has 0 spiro atoms. The molecule has 0 saturated carbocycles. The topological polar surface area (TPSA) is 52.0 Å². The fourth-order valence-corrected chi connectivity index (χ4v) is 2.32. The third kappa shape index (κ3) is 3.36. The quantitative estimate of drug-likeness (QED) is 0.840. The third-order valence-electron chi connectivity index (χ3n) is 3.33. The van der Waals surface area contributed by atoms with Gasteiger partial charge >= 0.3 is 0 Å². The zero-order valence-electron chi connectivity index (χ0n) is 12.3. The van der Waals surface area contributed by atoms with Gasteiger partial charge in [-0.25, -0.2) is 0 Å². The van der Waals surface area contributed by atoms with Crippen LogP contribution >= 0.6 is 0 Å². The summed E-state index contributed by atoms with van der Waals surface area (Å²) in [6.07, 6.45) is 7.40. The maximum absolute atomic E-state index is 5.43. The predicted octanol–water partition coefficient (Wildman–Crippen LogP) is 2.11. The van der Waals surface area contributed by atoms with Crippen molar-refractivity contribution in [1.29, 1.82) is 0 Å². The van der Waals surface area contributed by atoms with Crippen LogP contribution in [0.25, 0.3) is 0 Å². The van der Waals surface area contributed by atoms with Crippen LogP contribution in [-0.4, -0.2) is 28.4 Å². The number of hydrogen-bond donors (Lipinski definition) is 1. The lowest BCUT2D eigenvalue weighted by atomic mass is 10.0. The molecule has 2 aromatic heterocycles. The molecule has 0 aliphatic rings. The van der Waals surface area contributed by atoms with Crippen molar-refractivity contribution in [1.82, 2.24) is 20.1 Å². The minimum atomic E-state index is 0.180. The fraction of sp³-hybridized carbons (Fsp3) is 0.467. The molecule has 0 amide bonds. The highest BCUT2D eigenvalue weighted by Gasteiger charge is 2.20. The molecule has 0 aliphatic carbocycles. The molecular weight excluding hydrogens is 252 g/mol. The SMILES string of the molecule is CCCNC(Cc1ccncc1)c1c(OC)cnn1C. The second-order valence-corrected chi connectivity index (χ2v) is 4.79. The number of nitrogens with one attached hydrogen (secondary N) is 1. The van der Waals surface area contributed by atoms with E-state index in [1.165, 1.54) is 5.56 Å². The summed E-state index contributed by atoms with van der Waals surface area (Å²) in [5.41, 5.74) is 2.33. The summed E-state index contributed by atoms with van der Waals surface area (Å²) in [7, 11) is 3.63. The molecule has 5 heteroatoms. The van der Waals surface area contributed by atoms with Crippen LogP contribution in [0.3, 0.4) is 0 Å². The normalized spacial score (nSPS) is 12.3. The molecule has 0 saturated heterocycles. The van der Waals surface area contributed by atoms with Crippen LogP contribution in [0.5, 0.6) is 5.75 Å². The van der Waals surface area contributed by atoms with Crippen molar-refractivity contribution in [2.45, 2.75) is 25.8 Å². The molecule has 5 nitrogen and oxygen atoms in total. The highest BCUT2D eigenvalue weighted by molar-refractivity contribution is 5.30. The zero-order chi connectivity index (χ0) is 14.4. The van der Waals surface area contributed by atoms with E-state index < -0.39 is 0 Å². The third-order valence-corrected chi connectivity index (χ3v) is 3.33. The summed E-state index contributed by atoms with van der Waals surface area (Å²) in [6, 6.07) is 4.27. The first-order chi connectivity index (χ1) is 9.76. The van der Waals surface area contributed by atoms with Gasteiger partial charge in [-0.05, 0) is 37.1 Å². The average Bonchev–Trinajstić information content (AvgIpc) is 2.85. The summed E-state index contributed by atoms with van der Waals surface area (Å²) >= 11 is 0. The molecule has 1 atom stereocenters. The molecule has 0 bridgehead atoms. The maximum atomic E-state index is 5.43. The number of aryl methyl sites for hydroxylation is 1. The van der Waals surface area contributed by atoms with Crippen molar-refractivity contribution in [2.24, 2.45) is 7.05 Å². The van der Waals surface area contributed by atoms with E-state index in [2.05, 4.69) is 22.3 Å². The van der Waals surface area contributed by atoms with Gasteiger partial charge in [0.2, 0.25) is 0 Å². The molecule has 0 radical (unpaired) electrons. The lowest BCUT2D eigenvalue weighted by molar-refractivity contribution is 0.392. The van der Waals surface area contributed by atoms with Crippen LogP contribution in [-0.2, 0) is 13.5 Å². The van der Waals surface area contributed by atoms with E-state index in [1.807, 2.05) is 36.3 Å². The van der Waals surface area contributed by atoms with Gasteiger partial charge in [0, 0.05) is 19.4 Å². The van der Waals surface area contributed by atoms with Gasteiger partial charge in [-0.2, -0.15) is 5.10 Å². The van der Waals surface area contributed by atoms with E-state index in [0.717, 1.165) is 30.8 Å². The predicted molar refractivity (Wildman–Crippen MR) is 78.7 cm³/mol. The van der Waals surface area contributed by atoms with E-state index >= 15 is 0 Å². The first kappa shape index (κ1) is 14.5. The summed E-state index contributed by atoms with van der Waals surface area (Å²) in [4.78, 5) is 4.07. The second-order valence-electron chi connectivity index (χ2n) is 4.79. The van der Waals surface area contributed by atoms with Crippen LogP contribution in [0, 0.1) is 0 Å². The monoisotopic (exact) mass is 274 g/mol. The van der Waals surface area contributed by atoms with Gasteiger partial charge in [-0.1, -0.05) is 6.92 Å². The Labute approximate surface area is 120 Å². The first-order valence-corrected chi connectivity index (χ1v) is 6.94. The van der Waals surface area contributed by atoms with Crippen molar-refractivity contribution < 1.29 is 4.74 Å². The van der Waals surface area contributed by atoms with Crippen molar-refractivity contribution in [3.63, 3.8) is 0 Å². The molecular formula is C15H22N4O. The molecule has 0 aliphatic heterocycles. The molecule has 0 fully saturated rings. The van der Waals surface area contributed by atoms with Crippen molar-refractivity contribution in [3.05, 3.63) is 42.0 Å². The van der Waals surface area contributed by atoms with Crippen LogP contribution < -0.4 is 10.1 Å². The fourth-order valence-electron chi connectivity index (χ4n) is 2.32. The van der Waals surface area contributed by atoms with Crippen LogP contribution in [0.2, 0.25) is 0 Å². The number of nitrogens with zero attached hydrogens (tertiary/aromatic N) is 3. The Bertz CT molecular complexity index is 524. The van der Waals surface area contributed by atoms with E-state index in [9.17, 15) is 0 Å². The van der Waals surface area contributed by atoms with Crippen molar-refractivity contribution in [2.75, 3.05) is 13.7 Å². The molecule has 20 heavy (non-hydrogen) atoms. The molecule has 2 aromatic rings. The lowest BCUT2D eigenvalue weighted by Crippen LogP contribution is -2.26. The number of pyridine rings is 1. The molecule has 1 unspecified atom stereocenters. The van der Waals surface area contributed by atoms with Gasteiger partial charge in [0.05, 0.1) is 25.0 Å². The Kier molecular flexibility index (Phi) is 5.12. The molecule has 108 valence electrons. The zero-order valence-corrected chi connectivity index (χ0v) is 12.3. The Morgan fingerprint density at radius 2 is 2.10 bits per heavy atom. The highest BCUT2D eigenvalue weighted by atomic mass is 16.5. The number of methoxy groups -OCH3 is 1. The number of rotatable bonds is 7. The van der Waals surface area contributed by atoms with Gasteiger partial charge in [-0.15, -0.1) is 0 Å². The Hall–Kier alpha value is -1.88. The molecule has 2 rings (SSSR count). The van der Waals surface area contributed by atoms with Gasteiger partial charge in [-0.3, -0.25) is 9.67 Å². The highest BCUT2D eigenvalue weighted by Crippen LogP contribution is 2.26. The van der Waals surface area contributed by atoms with E-state index in [1.54, 1.807) is 13.3 Å². The van der Waals surface area contributed by atoms with E-state index in [0.29, 0.717) is 0 Å². The van der Waals surface area contributed by atoms with E-state index in [-0.39, 0.29) is 6.04 Å². The first-order valence-electron chi connectivity index (χ1n) is 6.94. The second kappa shape index (κ2) is 7.05. The minimum Gasteiger partial charge on any atom is -0.493 e. The minimum absolute atomic E-state index is 0.180. The van der Waals surface area contributed by atoms with Crippen molar-refractivity contribution in [3.8, 4) is 5.75 Å². The lowest BCUT2D eigenvalue weighted by Gasteiger charge is -2.20. The average molecular weight is 274 g/mol. The Morgan fingerprint density at radius 3 is 2.75 bits per heavy atom. The standard InChI is InChI=1S/C15H22N4O/c1-4-7-17-13(10-12-5-8-16-9-6-12)15-14(20-3)11-18-19(15)2/h5-6,8-9,11,13,17H,4,7,10H2,1-3H3. The van der Waals surface area contributed by atoms with Gasteiger partial charge in [0.1, 0.15) is 0 Å². The summed E-state index contributed by atoms with van der Waals surface area (Å²) in [5.74, 6) is 0.829. The maximum Gasteiger partial charge on any atom is 0.161 e. The Balaban J connectivity index is 2.24. The van der Waals surface area contributed by atoms with Gasteiger partial charge in [0.25, 0.3) is 0 Å². The smallest absolute Gasteiger partial charge is 0.161 e. The van der Waals surface area contributed by atoms with Gasteiger partial charge in [0.15, 0.2) is 5.75 Å². The number of hydrogen-bond acceptors (Lipinski definition) is 4. The van der Waals surface area contributed by atoms with Crippen LogP contribution in [0.15, 0.2) is 30.7 Å². The molecule has 2 heterocycles.